The summed E-state index contributed by atoms with van der Waals surface area (Å²) < 4.78 is 27.9. The zero-order chi connectivity index (χ0) is 14.3. The first-order valence-electron chi connectivity index (χ1n) is 5.66. The number of nitrogens with zero attached hydrogens (tertiary/aromatic N) is 5. The summed E-state index contributed by atoms with van der Waals surface area (Å²) >= 11 is 2.29. The molecule has 5 nitrogen and oxygen atoms in total. The predicted octanol–water partition coefficient (Wildman–Crippen LogP) is 2.94. The van der Waals surface area contributed by atoms with Crippen molar-refractivity contribution in [2.24, 2.45) is 0 Å². The molecule has 0 bridgehead atoms. The lowest BCUT2D eigenvalue weighted by atomic mass is 10.2. The first-order chi connectivity index (χ1) is 9.45. The molecule has 0 saturated heterocycles. The Bertz CT molecular complexity index is 764. The Balaban J connectivity index is 2.16. The molecule has 0 saturated carbocycles. The molecule has 0 spiro atoms. The van der Waals surface area contributed by atoms with E-state index in [1.165, 1.54) is 16.8 Å². The number of fused-ring (bicyclic) bond motifs is 1. The van der Waals surface area contributed by atoms with E-state index in [1.54, 1.807) is 6.20 Å². The minimum atomic E-state index is -3.25. The first-order valence-corrected chi connectivity index (χ1v) is 6.45. The Labute approximate surface area is 120 Å². The van der Waals surface area contributed by atoms with Crippen molar-refractivity contribution < 1.29 is 8.78 Å². The van der Waals surface area contributed by atoms with Gasteiger partial charge in [-0.15, -0.1) is 10.2 Å². The Hall–Kier alpha value is -1.96. The number of rotatable bonds is 2. The molecule has 0 amide bonds. The second-order valence-electron chi connectivity index (χ2n) is 4.21. The van der Waals surface area contributed by atoms with Crippen molar-refractivity contribution >= 4 is 21.6 Å². The van der Waals surface area contributed by atoms with Gasteiger partial charge in [0, 0.05) is 23.7 Å². The van der Waals surface area contributed by atoms with E-state index in [0.29, 0.717) is 5.69 Å². The van der Waals surface area contributed by atoms with Crippen LogP contribution in [0.3, 0.4) is 0 Å². The van der Waals surface area contributed by atoms with Crippen LogP contribution in [0.2, 0.25) is 0 Å². The Morgan fingerprint density at radius 1 is 1.15 bits per heavy atom. The van der Waals surface area contributed by atoms with E-state index in [1.807, 2.05) is 19.1 Å². The maximum atomic E-state index is 13.4. The number of halogens is 3. The van der Waals surface area contributed by atoms with Gasteiger partial charge in [-0.25, -0.2) is 0 Å². The summed E-state index contributed by atoms with van der Waals surface area (Å²) in [7, 11) is 0. The third kappa shape index (κ3) is 2.26. The van der Waals surface area contributed by atoms with Crippen molar-refractivity contribution in [1.82, 2.24) is 24.6 Å². The van der Waals surface area contributed by atoms with Gasteiger partial charge in [0.2, 0.25) is 5.82 Å². The lowest BCUT2D eigenvalue weighted by Gasteiger charge is -2.07. The van der Waals surface area contributed by atoms with Crippen LogP contribution in [0.5, 0.6) is 0 Å². The minimum absolute atomic E-state index is 0.253. The zero-order valence-electron chi connectivity index (χ0n) is 10.3. The number of hydrogen-bond acceptors (Lipinski definition) is 4. The lowest BCUT2D eigenvalue weighted by Crippen LogP contribution is -2.09. The minimum Gasteiger partial charge on any atom is -0.277 e. The molecular weight excluding hydrogens is 332 g/mol. The molecule has 0 aliphatic carbocycles. The third-order valence-corrected chi connectivity index (χ3v) is 3.11. The number of aryl methyl sites for hydroxylation is 1. The smallest absolute Gasteiger partial charge is 0.277 e. The number of hydrogen-bond donors (Lipinski definition) is 0. The van der Waals surface area contributed by atoms with Crippen LogP contribution in [0, 0.1) is 6.92 Å². The molecule has 3 aromatic heterocycles. The molecule has 0 N–H and O–H groups in total. The average Bonchev–Trinajstić information content (AvgIpc) is 2.82. The number of alkyl halides is 3. The highest BCUT2D eigenvalue weighted by Gasteiger charge is 2.33. The molecular formula is C12H8BrF2N5. The standard InChI is InChI=1S/C12H8BrF2N5/c1-7-2-3-8(4-16-7)9-6-20-10(5-17-9)18-19-11(20)12(13,14)15/h2-6H,1H3. The van der Waals surface area contributed by atoms with Gasteiger partial charge in [0.1, 0.15) is 0 Å². The summed E-state index contributed by atoms with van der Waals surface area (Å²) in [6.07, 6.45) is 4.50. The van der Waals surface area contributed by atoms with Gasteiger partial charge in [-0.05, 0) is 35.0 Å². The maximum absolute atomic E-state index is 13.4. The van der Waals surface area contributed by atoms with Crippen molar-refractivity contribution in [2.75, 3.05) is 0 Å². The summed E-state index contributed by atoms with van der Waals surface area (Å²) in [5, 5.41) is 7.13. The van der Waals surface area contributed by atoms with Crippen molar-refractivity contribution in [2.45, 2.75) is 11.8 Å². The van der Waals surface area contributed by atoms with Gasteiger partial charge in [-0.3, -0.25) is 14.4 Å². The van der Waals surface area contributed by atoms with Gasteiger partial charge >= 0.3 is 4.83 Å². The van der Waals surface area contributed by atoms with Gasteiger partial charge in [-0.1, -0.05) is 0 Å². The molecule has 0 aromatic carbocycles. The van der Waals surface area contributed by atoms with Crippen LogP contribution in [-0.4, -0.2) is 24.6 Å². The Kier molecular flexibility index (Phi) is 2.97. The molecule has 20 heavy (non-hydrogen) atoms. The molecule has 0 aliphatic heterocycles. The van der Waals surface area contributed by atoms with Gasteiger partial charge in [0.15, 0.2) is 5.65 Å². The Morgan fingerprint density at radius 3 is 2.60 bits per heavy atom. The average molecular weight is 340 g/mol. The molecule has 0 aliphatic rings. The summed E-state index contributed by atoms with van der Waals surface area (Å²) in [5.41, 5.74) is 2.37. The molecule has 0 fully saturated rings. The second kappa shape index (κ2) is 4.55. The quantitative estimate of drug-likeness (QED) is 0.673. The van der Waals surface area contributed by atoms with Crippen LogP contribution < -0.4 is 0 Å². The fraction of sp³-hybridized carbons (Fsp3) is 0.167. The SMILES string of the molecule is Cc1ccc(-c2cn3c(C(F)(F)Br)nnc3cn2)cn1. The molecule has 102 valence electrons. The largest absolute Gasteiger partial charge is 0.360 e. The highest BCUT2D eigenvalue weighted by molar-refractivity contribution is 9.09. The molecule has 8 heteroatoms. The second-order valence-corrected chi connectivity index (χ2v) is 5.21. The van der Waals surface area contributed by atoms with E-state index in [4.69, 9.17) is 0 Å². The summed E-state index contributed by atoms with van der Waals surface area (Å²) in [6, 6.07) is 3.65. The predicted molar refractivity (Wildman–Crippen MR) is 71.6 cm³/mol. The number of pyridine rings is 1. The van der Waals surface area contributed by atoms with Crippen molar-refractivity contribution in [3.8, 4) is 11.3 Å². The highest BCUT2D eigenvalue weighted by atomic mass is 79.9. The zero-order valence-corrected chi connectivity index (χ0v) is 11.8. The van der Waals surface area contributed by atoms with E-state index < -0.39 is 10.7 Å². The highest BCUT2D eigenvalue weighted by Crippen LogP contribution is 2.33. The van der Waals surface area contributed by atoms with Gasteiger partial charge < -0.3 is 0 Å². The van der Waals surface area contributed by atoms with Gasteiger partial charge in [0.05, 0.1) is 11.9 Å². The number of aromatic nitrogens is 5. The van der Waals surface area contributed by atoms with Crippen LogP contribution >= 0.6 is 15.9 Å². The van der Waals surface area contributed by atoms with E-state index in [-0.39, 0.29) is 5.65 Å². The molecule has 3 heterocycles. The van der Waals surface area contributed by atoms with E-state index in [0.717, 1.165) is 11.3 Å². The summed E-state index contributed by atoms with van der Waals surface area (Å²) in [6.45, 7) is 1.86. The van der Waals surface area contributed by atoms with Crippen LogP contribution in [0.15, 0.2) is 30.7 Å². The van der Waals surface area contributed by atoms with Crippen LogP contribution in [0.25, 0.3) is 16.9 Å². The monoisotopic (exact) mass is 339 g/mol. The van der Waals surface area contributed by atoms with Crippen molar-refractivity contribution in [1.29, 1.82) is 0 Å². The topological polar surface area (TPSA) is 56.0 Å². The normalized spacial score (nSPS) is 12.0. The van der Waals surface area contributed by atoms with E-state index in [9.17, 15) is 8.78 Å². The van der Waals surface area contributed by atoms with Crippen LogP contribution in [-0.2, 0) is 4.83 Å². The first kappa shape index (κ1) is 13.0. The van der Waals surface area contributed by atoms with Gasteiger partial charge in [0.25, 0.3) is 0 Å². The van der Waals surface area contributed by atoms with Crippen LogP contribution in [0.1, 0.15) is 11.5 Å². The molecule has 0 unspecified atom stereocenters. The van der Waals surface area contributed by atoms with Crippen molar-refractivity contribution in [3.05, 3.63) is 42.2 Å². The van der Waals surface area contributed by atoms with E-state index >= 15 is 0 Å². The fourth-order valence-electron chi connectivity index (χ4n) is 1.76. The summed E-state index contributed by atoms with van der Waals surface area (Å²) in [5.74, 6) is -0.490. The molecule has 0 atom stereocenters. The lowest BCUT2D eigenvalue weighted by molar-refractivity contribution is 0.102. The fourth-order valence-corrected chi connectivity index (χ4v) is 2.03. The summed E-state index contributed by atoms with van der Waals surface area (Å²) in [4.78, 5) is 5.08. The molecule has 3 rings (SSSR count). The third-order valence-electron chi connectivity index (χ3n) is 2.75. The van der Waals surface area contributed by atoms with E-state index in [2.05, 4.69) is 36.1 Å². The van der Waals surface area contributed by atoms with Crippen molar-refractivity contribution in [3.63, 3.8) is 0 Å². The molecule has 3 aromatic rings. The maximum Gasteiger partial charge on any atom is 0.360 e. The van der Waals surface area contributed by atoms with Gasteiger partial charge in [-0.2, -0.15) is 8.78 Å². The Morgan fingerprint density at radius 2 is 1.95 bits per heavy atom. The van der Waals surface area contributed by atoms with Crippen LogP contribution in [0.4, 0.5) is 8.78 Å². The molecule has 0 radical (unpaired) electrons.